The predicted octanol–water partition coefficient (Wildman–Crippen LogP) is 2.40. The molecular weight excluding hydrogens is 332 g/mol. The Morgan fingerprint density at radius 2 is 2.23 bits per heavy atom. The van der Waals surface area contributed by atoms with E-state index in [2.05, 4.69) is 26.5 Å². The van der Waals surface area contributed by atoms with E-state index < -0.39 is 0 Å². The normalized spacial score (nSPS) is 15.7. The molecule has 0 radical (unpaired) electrons. The summed E-state index contributed by atoms with van der Waals surface area (Å²) in [4.78, 5) is 30.4. The minimum Gasteiger partial charge on any atom is -0.345 e. The lowest BCUT2D eigenvalue weighted by Gasteiger charge is -2.14. The molecule has 132 valence electrons. The minimum absolute atomic E-state index is 0.0463. The molecule has 7 heteroatoms. The lowest BCUT2D eigenvalue weighted by molar-refractivity contribution is 0.0936. The van der Waals surface area contributed by atoms with Gasteiger partial charge < -0.3 is 14.8 Å². The summed E-state index contributed by atoms with van der Waals surface area (Å²) in [5, 5.41) is 7.04. The Morgan fingerprint density at radius 1 is 1.35 bits per heavy atom. The molecule has 2 heterocycles. The quantitative estimate of drug-likeness (QED) is 0.752. The van der Waals surface area contributed by atoms with Crippen LogP contribution in [0.2, 0.25) is 0 Å². The number of aromatic nitrogens is 3. The van der Waals surface area contributed by atoms with Gasteiger partial charge in [0.05, 0.1) is 11.6 Å². The number of carbonyl (C=O) groups is 1. The Bertz CT molecular complexity index is 1000. The highest BCUT2D eigenvalue weighted by Crippen LogP contribution is 2.33. The van der Waals surface area contributed by atoms with E-state index in [1.807, 2.05) is 19.1 Å². The van der Waals surface area contributed by atoms with Gasteiger partial charge in [0.1, 0.15) is 0 Å². The number of nitrogens with zero attached hydrogens (tertiary/aromatic N) is 2. The second-order valence-electron chi connectivity index (χ2n) is 6.29. The monoisotopic (exact) mass is 350 g/mol. The molecular formula is C19H18N4O3. The van der Waals surface area contributed by atoms with E-state index in [0.717, 1.165) is 24.0 Å². The average molecular weight is 350 g/mol. The van der Waals surface area contributed by atoms with E-state index in [-0.39, 0.29) is 17.5 Å². The van der Waals surface area contributed by atoms with E-state index in [0.29, 0.717) is 23.7 Å². The molecule has 4 rings (SSSR count). The number of amides is 1. The van der Waals surface area contributed by atoms with Gasteiger partial charge in [-0.15, -0.1) is 0 Å². The van der Waals surface area contributed by atoms with E-state index in [4.69, 9.17) is 4.52 Å². The lowest BCUT2D eigenvalue weighted by Crippen LogP contribution is -2.27. The number of aryl methyl sites for hydroxylation is 2. The third kappa shape index (κ3) is 3.03. The molecule has 0 aliphatic heterocycles. The van der Waals surface area contributed by atoms with Gasteiger partial charge in [0.2, 0.25) is 17.3 Å². The van der Waals surface area contributed by atoms with Crippen LogP contribution in [0.3, 0.4) is 0 Å². The summed E-state index contributed by atoms with van der Waals surface area (Å²) in [6.45, 7) is 1.97. The molecule has 26 heavy (non-hydrogen) atoms. The van der Waals surface area contributed by atoms with Crippen LogP contribution in [-0.2, 0) is 12.8 Å². The van der Waals surface area contributed by atoms with Crippen LogP contribution in [0.25, 0.3) is 11.4 Å². The molecule has 2 N–H and O–H groups in total. The van der Waals surface area contributed by atoms with Crippen molar-refractivity contribution in [3.05, 3.63) is 69.5 Å². The molecule has 0 fully saturated rings. The van der Waals surface area contributed by atoms with Gasteiger partial charge in [0.25, 0.3) is 5.91 Å². The fourth-order valence-corrected chi connectivity index (χ4v) is 3.22. The van der Waals surface area contributed by atoms with E-state index in [9.17, 15) is 9.59 Å². The molecule has 0 bridgehead atoms. The second-order valence-corrected chi connectivity index (χ2v) is 6.29. The summed E-state index contributed by atoms with van der Waals surface area (Å²) in [7, 11) is 0. The van der Waals surface area contributed by atoms with E-state index >= 15 is 0 Å². The number of hydrogen-bond donors (Lipinski definition) is 2. The molecule has 0 saturated carbocycles. The van der Waals surface area contributed by atoms with Crippen molar-refractivity contribution in [3.8, 4) is 11.4 Å². The molecule has 1 aliphatic rings. The third-order valence-electron chi connectivity index (χ3n) is 4.60. The average Bonchev–Trinajstić information content (AvgIpc) is 3.29. The van der Waals surface area contributed by atoms with Crippen molar-refractivity contribution in [1.29, 1.82) is 0 Å². The van der Waals surface area contributed by atoms with Crippen molar-refractivity contribution < 1.29 is 9.32 Å². The van der Waals surface area contributed by atoms with Crippen molar-refractivity contribution in [1.82, 2.24) is 20.4 Å². The SMILES string of the molecule is CCc1nc(-c2ccc3c(c2)CC[C@H]3NC(=O)c2ccc(=O)[nH]c2)no1. The topological polar surface area (TPSA) is 101 Å². The molecule has 2 aromatic heterocycles. The predicted molar refractivity (Wildman–Crippen MR) is 94.7 cm³/mol. The summed E-state index contributed by atoms with van der Waals surface area (Å²) in [6, 6.07) is 8.85. The molecule has 1 aromatic carbocycles. The second kappa shape index (κ2) is 6.59. The van der Waals surface area contributed by atoms with Crippen LogP contribution in [0.15, 0.2) is 45.8 Å². The smallest absolute Gasteiger partial charge is 0.253 e. The first-order valence-corrected chi connectivity index (χ1v) is 8.59. The maximum absolute atomic E-state index is 12.4. The minimum atomic E-state index is -0.229. The van der Waals surface area contributed by atoms with Gasteiger partial charge in [-0.1, -0.05) is 24.2 Å². The van der Waals surface area contributed by atoms with Crippen LogP contribution in [-0.4, -0.2) is 21.0 Å². The molecule has 1 atom stereocenters. The zero-order chi connectivity index (χ0) is 18.1. The third-order valence-corrected chi connectivity index (χ3v) is 4.60. The first-order valence-electron chi connectivity index (χ1n) is 8.59. The molecule has 3 aromatic rings. The van der Waals surface area contributed by atoms with Gasteiger partial charge >= 0.3 is 0 Å². The fraction of sp³-hybridized carbons (Fsp3) is 0.263. The number of pyridine rings is 1. The van der Waals surface area contributed by atoms with Crippen molar-refractivity contribution in [2.45, 2.75) is 32.2 Å². The maximum Gasteiger partial charge on any atom is 0.253 e. The zero-order valence-electron chi connectivity index (χ0n) is 14.3. The van der Waals surface area contributed by atoms with Crippen LogP contribution >= 0.6 is 0 Å². The Labute approximate surface area is 149 Å². The van der Waals surface area contributed by atoms with E-state index in [1.165, 1.54) is 23.9 Å². The standard InChI is InChI=1S/C19H18N4O3/c1-2-17-22-18(23-26-17)12-3-6-14-11(9-12)4-7-15(14)21-19(25)13-5-8-16(24)20-10-13/h3,5-6,8-10,15H,2,4,7H2,1H3,(H,20,24)(H,21,25)/t15-/m1/s1. The number of hydrogen-bond acceptors (Lipinski definition) is 5. The number of rotatable bonds is 4. The van der Waals surface area contributed by atoms with Gasteiger partial charge in [-0.3, -0.25) is 9.59 Å². The molecule has 7 nitrogen and oxygen atoms in total. The van der Waals surface area contributed by atoms with Crippen molar-refractivity contribution in [3.63, 3.8) is 0 Å². The summed E-state index contributed by atoms with van der Waals surface area (Å²) in [5.41, 5.74) is 3.41. The number of nitrogens with one attached hydrogen (secondary N) is 2. The highest BCUT2D eigenvalue weighted by Gasteiger charge is 2.25. The highest BCUT2D eigenvalue weighted by atomic mass is 16.5. The maximum atomic E-state index is 12.4. The summed E-state index contributed by atoms with van der Waals surface area (Å²) >= 11 is 0. The molecule has 1 amide bonds. The van der Waals surface area contributed by atoms with Crippen LogP contribution in [0.4, 0.5) is 0 Å². The Kier molecular flexibility index (Phi) is 4.12. The summed E-state index contributed by atoms with van der Waals surface area (Å²) < 4.78 is 5.18. The fourth-order valence-electron chi connectivity index (χ4n) is 3.22. The van der Waals surface area contributed by atoms with E-state index in [1.54, 1.807) is 0 Å². The summed E-state index contributed by atoms with van der Waals surface area (Å²) in [6.07, 6.45) is 3.84. The van der Waals surface area contributed by atoms with Crippen LogP contribution in [0, 0.1) is 0 Å². The lowest BCUT2D eigenvalue weighted by atomic mass is 10.0. The van der Waals surface area contributed by atoms with Gasteiger partial charge in [-0.25, -0.2) is 0 Å². The highest BCUT2D eigenvalue weighted by molar-refractivity contribution is 5.94. The van der Waals surface area contributed by atoms with Crippen LogP contribution < -0.4 is 10.9 Å². The first-order chi connectivity index (χ1) is 12.6. The molecule has 0 saturated heterocycles. The summed E-state index contributed by atoms with van der Waals surface area (Å²) in [5.74, 6) is 1.01. The van der Waals surface area contributed by atoms with Gasteiger partial charge in [-0.05, 0) is 36.1 Å². The molecule has 0 unspecified atom stereocenters. The van der Waals surface area contributed by atoms with Gasteiger partial charge in [-0.2, -0.15) is 4.98 Å². The first kappa shape index (κ1) is 16.3. The zero-order valence-corrected chi connectivity index (χ0v) is 14.3. The largest absolute Gasteiger partial charge is 0.345 e. The van der Waals surface area contributed by atoms with Crippen LogP contribution in [0.1, 0.15) is 46.8 Å². The Hall–Kier alpha value is -3.22. The number of fused-ring (bicyclic) bond motifs is 1. The van der Waals surface area contributed by atoms with Gasteiger partial charge in [0, 0.05) is 24.2 Å². The van der Waals surface area contributed by atoms with Crippen LogP contribution in [0.5, 0.6) is 0 Å². The number of benzene rings is 1. The van der Waals surface area contributed by atoms with Crippen molar-refractivity contribution in [2.75, 3.05) is 0 Å². The van der Waals surface area contributed by atoms with Gasteiger partial charge in [0.15, 0.2) is 0 Å². The number of aromatic amines is 1. The number of H-pyrrole nitrogens is 1. The molecule has 0 spiro atoms. The molecule has 1 aliphatic carbocycles. The Balaban J connectivity index is 1.53. The van der Waals surface area contributed by atoms with Crippen molar-refractivity contribution in [2.24, 2.45) is 0 Å². The number of carbonyl (C=O) groups excluding carboxylic acids is 1. The Morgan fingerprint density at radius 3 is 2.96 bits per heavy atom. The van der Waals surface area contributed by atoms with Crippen molar-refractivity contribution >= 4 is 5.91 Å².